The second kappa shape index (κ2) is 10.8. The van der Waals surface area contributed by atoms with Crippen LogP contribution >= 0.6 is 24.0 Å². The molecule has 0 unspecified atom stereocenters. The van der Waals surface area contributed by atoms with Crippen molar-refractivity contribution in [2.45, 2.75) is 64.3 Å². The maximum atomic E-state index is 12.6. The van der Waals surface area contributed by atoms with Crippen molar-refractivity contribution in [3.63, 3.8) is 0 Å². The number of hydrogen-bond donors (Lipinski definition) is 1. The van der Waals surface area contributed by atoms with Gasteiger partial charge >= 0.3 is 0 Å². The summed E-state index contributed by atoms with van der Waals surface area (Å²) in [6.07, 6.45) is 10.7. The number of carbonyl (C=O) groups excluding carboxylic acids is 1. The number of amides is 1. The van der Waals surface area contributed by atoms with Crippen LogP contribution in [0.3, 0.4) is 0 Å². The molecular weight excluding hydrogens is 487 g/mol. The highest BCUT2D eigenvalue weighted by atomic mass is 127. The molecule has 4 rings (SSSR count). The lowest BCUT2D eigenvalue weighted by Gasteiger charge is -2.33. The first-order chi connectivity index (χ1) is 14.2. The number of aliphatic imine (C=N–C) groups is 1. The van der Waals surface area contributed by atoms with Crippen molar-refractivity contribution in [1.29, 1.82) is 0 Å². The van der Waals surface area contributed by atoms with E-state index in [4.69, 9.17) is 0 Å². The molecule has 2 aliphatic heterocycles. The van der Waals surface area contributed by atoms with Crippen LogP contribution in [-0.2, 0) is 17.8 Å². The van der Waals surface area contributed by atoms with E-state index in [0.717, 1.165) is 51.5 Å². The van der Waals surface area contributed by atoms with Crippen LogP contribution in [0.15, 0.2) is 29.3 Å². The summed E-state index contributed by atoms with van der Waals surface area (Å²) in [6.45, 7) is 4.69. The molecule has 1 N–H and O–H groups in total. The molecule has 2 fully saturated rings. The zero-order valence-corrected chi connectivity index (χ0v) is 20.7. The number of rotatable bonds is 4. The number of nitrogens with zero attached hydrogens (tertiary/aromatic N) is 3. The molecule has 30 heavy (non-hydrogen) atoms. The van der Waals surface area contributed by atoms with Gasteiger partial charge in [-0.2, -0.15) is 0 Å². The summed E-state index contributed by atoms with van der Waals surface area (Å²) >= 11 is 0. The van der Waals surface area contributed by atoms with Gasteiger partial charge in [0, 0.05) is 46.2 Å². The van der Waals surface area contributed by atoms with E-state index in [9.17, 15) is 4.79 Å². The average Bonchev–Trinajstić information content (AvgIpc) is 3.16. The Kier molecular flexibility index (Phi) is 8.43. The number of nitrogens with one attached hydrogen (secondary N) is 1. The minimum absolute atomic E-state index is 0. The van der Waals surface area contributed by atoms with E-state index in [1.54, 1.807) is 0 Å². The summed E-state index contributed by atoms with van der Waals surface area (Å²) in [5, 5.41) is 3.51. The third-order valence-electron chi connectivity index (χ3n) is 7.20. The first kappa shape index (κ1) is 23.4. The lowest BCUT2D eigenvalue weighted by Crippen LogP contribution is -2.42. The standard InChI is InChI=1S/C24H36N4O.HI/c1-25-23(28-17-14-24(19-28)12-5-2-6-13-24)26-15-7-10-22(29)27-16-11-20-8-3-4-9-21(20)18-27;/h3-4,8-9H,2,5-7,10-19H2,1H3,(H,25,26);1H. The third-order valence-corrected chi connectivity index (χ3v) is 7.20. The molecule has 1 amide bonds. The molecule has 3 aliphatic rings. The number of fused-ring (bicyclic) bond motifs is 1. The minimum atomic E-state index is 0. The average molecular weight is 524 g/mol. The molecule has 1 spiro atoms. The first-order valence-electron chi connectivity index (χ1n) is 11.5. The van der Waals surface area contributed by atoms with Crippen molar-refractivity contribution in [2.75, 3.05) is 33.2 Å². The second-order valence-corrected chi connectivity index (χ2v) is 9.14. The normalized spacial score (nSPS) is 20.6. The molecule has 6 heteroatoms. The molecular formula is C24H37IN4O. The van der Waals surface area contributed by atoms with Crippen molar-refractivity contribution in [3.8, 4) is 0 Å². The monoisotopic (exact) mass is 524 g/mol. The molecule has 0 atom stereocenters. The Labute approximate surface area is 198 Å². The molecule has 0 radical (unpaired) electrons. The van der Waals surface area contributed by atoms with Crippen LogP contribution in [0.4, 0.5) is 0 Å². The summed E-state index contributed by atoms with van der Waals surface area (Å²) in [7, 11) is 1.88. The molecule has 1 saturated heterocycles. The zero-order chi connectivity index (χ0) is 20.1. The van der Waals surface area contributed by atoms with Gasteiger partial charge in [0.05, 0.1) is 0 Å². The number of carbonyl (C=O) groups is 1. The SMILES string of the molecule is CN=C(NCCCC(=O)N1CCc2ccccc2C1)N1CCC2(CCCCC2)C1.I. The lowest BCUT2D eigenvalue weighted by atomic mass is 9.73. The number of likely N-dealkylation sites (tertiary alicyclic amines) is 1. The summed E-state index contributed by atoms with van der Waals surface area (Å²) in [4.78, 5) is 21.6. The zero-order valence-electron chi connectivity index (χ0n) is 18.4. The van der Waals surface area contributed by atoms with Crippen LogP contribution in [0.1, 0.15) is 62.5 Å². The Morgan fingerprint density at radius 1 is 1.07 bits per heavy atom. The molecule has 2 heterocycles. The fourth-order valence-electron chi connectivity index (χ4n) is 5.46. The van der Waals surface area contributed by atoms with E-state index in [1.807, 2.05) is 11.9 Å². The summed E-state index contributed by atoms with van der Waals surface area (Å²) in [5.74, 6) is 1.30. The molecule has 1 aromatic carbocycles. The molecule has 1 saturated carbocycles. The van der Waals surface area contributed by atoms with E-state index < -0.39 is 0 Å². The van der Waals surface area contributed by atoms with Crippen LogP contribution in [0.25, 0.3) is 0 Å². The second-order valence-electron chi connectivity index (χ2n) is 9.14. The summed E-state index contributed by atoms with van der Waals surface area (Å²) in [6, 6.07) is 8.49. The molecule has 0 aromatic heterocycles. The smallest absolute Gasteiger partial charge is 0.222 e. The Balaban J connectivity index is 0.00000256. The highest BCUT2D eigenvalue weighted by Crippen LogP contribution is 2.43. The number of halogens is 1. The predicted octanol–water partition coefficient (Wildman–Crippen LogP) is 4.20. The maximum absolute atomic E-state index is 12.6. The highest BCUT2D eigenvalue weighted by Gasteiger charge is 2.39. The summed E-state index contributed by atoms with van der Waals surface area (Å²) < 4.78 is 0. The van der Waals surface area contributed by atoms with E-state index >= 15 is 0 Å². The van der Waals surface area contributed by atoms with Gasteiger partial charge in [-0.25, -0.2) is 0 Å². The van der Waals surface area contributed by atoms with Gasteiger partial charge in [0.25, 0.3) is 0 Å². The van der Waals surface area contributed by atoms with Gasteiger partial charge in [0.1, 0.15) is 0 Å². The maximum Gasteiger partial charge on any atom is 0.222 e. The number of benzene rings is 1. The van der Waals surface area contributed by atoms with Crippen molar-refractivity contribution in [2.24, 2.45) is 10.4 Å². The van der Waals surface area contributed by atoms with Gasteiger partial charge in [-0.05, 0) is 48.6 Å². The molecule has 1 aromatic rings. The van der Waals surface area contributed by atoms with Crippen LogP contribution in [0.2, 0.25) is 0 Å². The van der Waals surface area contributed by atoms with Crippen LogP contribution < -0.4 is 5.32 Å². The van der Waals surface area contributed by atoms with E-state index in [0.29, 0.717) is 11.8 Å². The Hall–Kier alpha value is -1.31. The van der Waals surface area contributed by atoms with E-state index in [2.05, 4.69) is 39.5 Å². The first-order valence-corrected chi connectivity index (χ1v) is 11.5. The number of guanidine groups is 1. The van der Waals surface area contributed by atoms with Gasteiger partial charge in [-0.3, -0.25) is 9.79 Å². The lowest BCUT2D eigenvalue weighted by molar-refractivity contribution is -0.132. The predicted molar refractivity (Wildman–Crippen MR) is 133 cm³/mol. The summed E-state index contributed by atoms with van der Waals surface area (Å²) in [5.41, 5.74) is 3.23. The third kappa shape index (κ3) is 5.48. The van der Waals surface area contributed by atoms with Crippen LogP contribution in [0.5, 0.6) is 0 Å². The molecule has 0 bridgehead atoms. The van der Waals surface area contributed by atoms with Crippen molar-refractivity contribution in [1.82, 2.24) is 15.1 Å². The molecule has 166 valence electrons. The largest absolute Gasteiger partial charge is 0.356 e. The topological polar surface area (TPSA) is 47.9 Å². The fourth-order valence-corrected chi connectivity index (χ4v) is 5.46. The number of hydrogen-bond acceptors (Lipinski definition) is 2. The highest BCUT2D eigenvalue weighted by molar-refractivity contribution is 14.0. The minimum Gasteiger partial charge on any atom is -0.356 e. The van der Waals surface area contributed by atoms with Gasteiger partial charge in [0.2, 0.25) is 5.91 Å². The van der Waals surface area contributed by atoms with Crippen molar-refractivity contribution < 1.29 is 4.79 Å². The van der Waals surface area contributed by atoms with Gasteiger partial charge in [-0.1, -0.05) is 43.5 Å². The van der Waals surface area contributed by atoms with Crippen molar-refractivity contribution >= 4 is 35.8 Å². The molecule has 5 nitrogen and oxygen atoms in total. The van der Waals surface area contributed by atoms with Crippen LogP contribution in [-0.4, -0.2) is 54.9 Å². The van der Waals surface area contributed by atoms with Crippen LogP contribution in [0, 0.1) is 5.41 Å². The fraction of sp³-hybridized carbons (Fsp3) is 0.667. The Morgan fingerprint density at radius 2 is 1.83 bits per heavy atom. The Morgan fingerprint density at radius 3 is 2.60 bits per heavy atom. The molecule has 1 aliphatic carbocycles. The van der Waals surface area contributed by atoms with E-state index in [-0.39, 0.29) is 29.9 Å². The quantitative estimate of drug-likeness (QED) is 0.278. The Bertz CT molecular complexity index is 744. The van der Waals surface area contributed by atoms with E-state index in [1.165, 1.54) is 49.7 Å². The van der Waals surface area contributed by atoms with Crippen molar-refractivity contribution in [3.05, 3.63) is 35.4 Å². The van der Waals surface area contributed by atoms with Gasteiger partial charge in [0.15, 0.2) is 5.96 Å². The van der Waals surface area contributed by atoms with Gasteiger partial charge in [-0.15, -0.1) is 24.0 Å². The van der Waals surface area contributed by atoms with Gasteiger partial charge < -0.3 is 15.1 Å².